The third-order valence-corrected chi connectivity index (χ3v) is 29.4. The van der Waals surface area contributed by atoms with Crippen molar-refractivity contribution in [3.05, 3.63) is 277 Å². The zero-order chi connectivity index (χ0) is 98.4. The van der Waals surface area contributed by atoms with Crippen molar-refractivity contribution in [3.8, 4) is 34.5 Å². The summed E-state index contributed by atoms with van der Waals surface area (Å²) in [5, 5.41) is 0. The molecule has 8 aliphatic heterocycles. The number of benzene rings is 10. The molecule has 0 radical (unpaired) electrons. The Labute approximate surface area is 831 Å². The quantitative estimate of drug-likeness (QED) is 0.0275. The van der Waals surface area contributed by atoms with Gasteiger partial charge in [-0.1, -0.05) is 140 Å². The Morgan fingerprint density at radius 1 is 0.397 bits per heavy atom. The van der Waals surface area contributed by atoms with Crippen LogP contribution in [0.1, 0.15) is 220 Å². The monoisotopic (exact) mass is 1930 g/mol. The second kappa shape index (κ2) is 46.3. The number of methoxy groups -OCH3 is 2. The lowest BCUT2D eigenvalue weighted by Crippen LogP contribution is -2.43. The molecule has 10 aromatic carbocycles. The summed E-state index contributed by atoms with van der Waals surface area (Å²) in [6.07, 6.45) is 17.0. The van der Waals surface area contributed by atoms with E-state index < -0.39 is 27.8 Å². The largest absolute Gasteiger partial charge is 0.493 e. The molecule has 1 N–H and O–H groups in total. The van der Waals surface area contributed by atoms with E-state index in [0.717, 1.165) is 222 Å². The van der Waals surface area contributed by atoms with Gasteiger partial charge in [0.2, 0.25) is 0 Å². The van der Waals surface area contributed by atoms with Gasteiger partial charge in [-0.25, -0.2) is 0 Å². The van der Waals surface area contributed by atoms with Gasteiger partial charge in [-0.15, -0.1) is 0 Å². The predicted molar refractivity (Wildman–Crippen MR) is 556 cm³/mol. The summed E-state index contributed by atoms with van der Waals surface area (Å²) in [7, 11) is -1.24. The van der Waals surface area contributed by atoms with Gasteiger partial charge in [0.1, 0.15) is 37.9 Å². The summed E-state index contributed by atoms with van der Waals surface area (Å²) in [6.45, 7) is 26.1. The molecule has 8 heterocycles. The Morgan fingerprint density at radius 3 is 1.24 bits per heavy atom. The summed E-state index contributed by atoms with van der Waals surface area (Å²) in [5.41, 5.74) is 21.5. The lowest BCUT2D eigenvalue weighted by atomic mass is 9.91. The standard InChI is InChI=1S/C59H71N3O10S.C57H66N4O7/c1-6-22-69-24-25-70-23-21-60(20-12-11-13-39(2)3)49-28-41(36-71-55-33-43-18-19-48-31-44-14-7-9-16-52(44)61(48)58(63)50(43)26-40(55)4)27-42(29-49)37-72-57-34-46-30-47(38-73(65,66)67)54-32-45-15-8-10-17-53(45)62(54)59(64)51(46)35-56(57)68-5;1-6-22-65-24-25-66-23-21-59(20-12-11-13-38(2)3)46-28-40(36-67-53-32-42-18-19-45-30-43-14-7-9-16-51(43)60(45)56(62)48(42)26-39(53)4)27-41(29-46)37-68-55-34-50-49(33-54(55)64-5)57(63)61-47(35-58-50)31-44-15-8-10-17-52(44)61/h7-10,14-17,26-29,33-35,39,47-48,54H,6,11-13,18-25,30-32,36-38H2,1-5H3,(H,65,66,67);7-10,14-17,26-29,32-35,38,45,47H,6,11-13,18-25,30-31,36-37H2,1-5H3/t47?,48-,54+;45-,47+/m11/s1. The van der Waals surface area contributed by atoms with Crippen LogP contribution in [0.4, 0.5) is 39.8 Å². The van der Waals surface area contributed by atoms with Crippen LogP contribution in [0.3, 0.4) is 0 Å². The number of hydrogen-bond acceptors (Lipinski definition) is 19. The van der Waals surface area contributed by atoms with Crippen molar-refractivity contribution in [1.29, 1.82) is 0 Å². The number of aliphatic imine (C=N–C) groups is 1. The van der Waals surface area contributed by atoms with E-state index in [2.05, 4.69) is 136 Å². The Balaban J connectivity index is 0.000000195. The van der Waals surface area contributed by atoms with Crippen molar-refractivity contribution in [2.45, 2.75) is 215 Å². The van der Waals surface area contributed by atoms with Crippen LogP contribution in [-0.4, -0.2) is 166 Å². The van der Waals surface area contributed by atoms with Crippen LogP contribution in [0.15, 0.2) is 187 Å². The minimum Gasteiger partial charge on any atom is -0.493 e. The third kappa shape index (κ3) is 23.8. The number of unbranched alkanes of at least 4 members (excludes halogenated alkanes) is 2. The van der Waals surface area contributed by atoms with E-state index in [1.165, 1.54) is 17.5 Å². The summed E-state index contributed by atoms with van der Waals surface area (Å²) in [5.74, 6) is 3.21. The Morgan fingerprint density at radius 2 is 0.787 bits per heavy atom. The number of carbonyl (C=O) groups excluding carboxylic acids is 4. The molecular formula is C116H137N7O17S. The van der Waals surface area contributed by atoms with Gasteiger partial charge in [0.15, 0.2) is 23.0 Å². The highest BCUT2D eigenvalue weighted by Gasteiger charge is 2.46. The van der Waals surface area contributed by atoms with E-state index in [1.54, 1.807) is 37.3 Å². The van der Waals surface area contributed by atoms with Crippen molar-refractivity contribution >= 4 is 79.8 Å². The van der Waals surface area contributed by atoms with Gasteiger partial charge in [0.05, 0.1) is 76.9 Å². The summed E-state index contributed by atoms with van der Waals surface area (Å²) in [4.78, 5) is 74.2. The van der Waals surface area contributed by atoms with Crippen molar-refractivity contribution in [3.63, 3.8) is 0 Å². The molecule has 5 atom stereocenters. The molecule has 1 unspecified atom stereocenters. The van der Waals surface area contributed by atoms with Gasteiger partial charge in [0, 0.05) is 133 Å². The molecular weight excluding hydrogens is 1800 g/mol. The molecule has 18 rings (SSSR count). The van der Waals surface area contributed by atoms with E-state index in [1.807, 2.05) is 114 Å². The SMILES string of the molecule is CCCOCCOCCN(CCCCC(C)C)c1cc(COc2cc3c(cc2C)C(=O)N2c4ccccc4C[C@H]2CC3)cc(COc2cc3c(cc2OC)C(=O)N2c4ccccc4C[C@H]2C(CS(=O)(=O)O)C3)c1.CCCOCCOCCN(CCCCC(C)C)c1cc(COc2cc3c(cc2C)C(=O)N2c4ccccc4C[C@H]2CC3)cc(COc2cc3c(cc2OC)C(=O)N2c4ccccc4C[C@H]2C=N3)c1. The van der Waals surface area contributed by atoms with Crippen molar-refractivity contribution in [2.24, 2.45) is 22.7 Å². The molecule has 0 spiro atoms. The Kier molecular flexibility index (Phi) is 33.0. The van der Waals surface area contributed by atoms with Crippen LogP contribution in [-0.2, 0) is 100 Å². The second-order valence-corrected chi connectivity index (χ2v) is 41.1. The van der Waals surface area contributed by atoms with Gasteiger partial charge in [0.25, 0.3) is 33.7 Å². The Hall–Kier alpha value is -12.1. The van der Waals surface area contributed by atoms with Crippen molar-refractivity contribution in [1.82, 2.24) is 0 Å². The summed E-state index contributed by atoms with van der Waals surface area (Å²) in [6, 6.07) is 60.1. The number of para-hydroxylation sites is 4. The third-order valence-electron chi connectivity index (χ3n) is 28.5. The highest BCUT2D eigenvalue weighted by Crippen LogP contribution is 2.48. The molecule has 25 heteroatoms. The molecule has 24 nitrogen and oxygen atoms in total. The molecule has 0 aromatic heterocycles. The van der Waals surface area contributed by atoms with Crippen LogP contribution >= 0.6 is 0 Å². The first-order chi connectivity index (χ1) is 68.5. The number of nitrogens with zero attached hydrogens (tertiary/aromatic N) is 7. The first-order valence-corrected chi connectivity index (χ1v) is 52.5. The molecule has 0 aliphatic carbocycles. The highest BCUT2D eigenvalue weighted by molar-refractivity contribution is 7.85. The molecule has 0 fully saturated rings. The normalized spacial score (nSPS) is 17.3. The average molecular weight is 1930 g/mol. The second-order valence-electron chi connectivity index (χ2n) is 39.6. The van der Waals surface area contributed by atoms with Gasteiger partial charge in [-0.2, -0.15) is 8.42 Å². The highest BCUT2D eigenvalue weighted by atomic mass is 32.2. The maximum absolute atomic E-state index is 14.5. The van der Waals surface area contributed by atoms with Gasteiger partial charge in [-0.3, -0.25) is 33.6 Å². The number of rotatable bonds is 44. The van der Waals surface area contributed by atoms with E-state index in [0.29, 0.717) is 130 Å². The number of aryl methyl sites for hydroxylation is 4. The fraction of sp³-hybridized carbons (Fsp3) is 0.440. The first-order valence-electron chi connectivity index (χ1n) is 50.9. The minimum atomic E-state index is -4.38. The topological polar surface area (TPSA) is 247 Å². The van der Waals surface area contributed by atoms with E-state index in [4.69, 9.17) is 52.4 Å². The molecule has 0 saturated carbocycles. The maximum atomic E-state index is 14.5. The summed E-state index contributed by atoms with van der Waals surface area (Å²) >= 11 is 0. The lowest BCUT2D eigenvalue weighted by Gasteiger charge is -2.28. The molecule has 744 valence electrons. The van der Waals surface area contributed by atoms with Gasteiger partial charge < -0.3 is 71.9 Å². The van der Waals surface area contributed by atoms with Crippen molar-refractivity contribution in [2.75, 3.05) is 128 Å². The Bertz CT molecular complexity index is 6300. The zero-order valence-electron chi connectivity index (χ0n) is 83.5. The fourth-order valence-corrected chi connectivity index (χ4v) is 22.3. The fourth-order valence-electron chi connectivity index (χ4n) is 21.5. The maximum Gasteiger partial charge on any atom is 0.265 e. The smallest absolute Gasteiger partial charge is 0.265 e. The van der Waals surface area contributed by atoms with Crippen LogP contribution in [0.25, 0.3) is 0 Å². The number of anilines is 6. The molecule has 141 heavy (non-hydrogen) atoms. The number of carbonyl (C=O) groups is 4. The molecule has 0 bridgehead atoms. The lowest BCUT2D eigenvalue weighted by molar-refractivity contribution is 0.0505. The van der Waals surface area contributed by atoms with Gasteiger partial charge in [-0.05, 0) is 278 Å². The van der Waals surface area contributed by atoms with Crippen LogP contribution < -0.4 is 57.8 Å². The molecule has 0 saturated heterocycles. The number of ether oxygens (including phenoxy) is 10. The van der Waals surface area contributed by atoms with E-state index >= 15 is 0 Å². The number of amides is 4. The van der Waals surface area contributed by atoms with E-state index in [-0.39, 0.29) is 68.0 Å². The van der Waals surface area contributed by atoms with Gasteiger partial charge >= 0.3 is 0 Å². The first kappa shape index (κ1) is 100. The number of hydrogen-bond donors (Lipinski definition) is 1. The van der Waals surface area contributed by atoms with Crippen molar-refractivity contribution < 1.29 is 79.5 Å². The molecule has 10 aromatic rings. The predicted octanol–water partition coefficient (Wildman–Crippen LogP) is 21.4. The van der Waals surface area contributed by atoms with E-state index in [9.17, 15) is 32.1 Å². The summed E-state index contributed by atoms with van der Waals surface area (Å²) < 4.78 is 97.2. The molecule has 4 amide bonds. The van der Waals surface area contributed by atoms with Crippen LogP contribution in [0, 0.1) is 31.6 Å². The average Bonchev–Trinajstić information content (AvgIpc) is 1.62. The van der Waals surface area contributed by atoms with Crippen LogP contribution in [0.2, 0.25) is 0 Å². The zero-order valence-corrected chi connectivity index (χ0v) is 84.3. The molecule has 8 aliphatic rings. The van der Waals surface area contributed by atoms with Crippen LogP contribution in [0.5, 0.6) is 34.5 Å². The number of fused-ring (bicyclic) bond motifs is 16. The minimum absolute atomic E-state index is 0.0436.